The number of carbonyl (C=O) groups excluding carboxylic acids is 1. The number of nitrogens with one attached hydrogen (secondary N) is 2. The smallest absolute Gasteiger partial charge is 0.319 e. The first-order valence-electron chi connectivity index (χ1n) is 7.56. The molecule has 116 valence electrons. The van der Waals surface area contributed by atoms with Gasteiger partial charge in [0.1, 0.15) is 0 Å². The van der Waals surface area contributed by atoms with Crippen LogP contribution in [-0.2, 0) is 6.54 Å². The number of rotatable bonds is 7. The summed E-state index contributed by atoms with van der Waals surface area (Å²) in [6.45, 7) is 2.54. The number of amides is 2. The molecule has 0 heterocycles. The minimum atomic E-state index is -0.156. The number of benzene rings is 2. The Morgan fingerprint density at radius 2 is 1.64 bits per heavy atom. The Labute approximate surface area is 132 Å². The maximum Gasteiger partial charge on any atom is 0.319 e. The van der Waals surface area contributed by atoms with Crippen LogP contribution in [0.15, 0.2) is 60.7 Å². The molecular weight excluding hydrogens is 274 g/mol. The summed E-state index contributed by atoms with van der Waals surface area (Å²) in [4.78, 5) is 14.0. The first-order chi connectivity index (χ1) is 10.7. The van der Waals surface area contributed by atoms with Crippen molar-refractivity contribution >= 4 is 11.7 Å². The fourth-order valence-corrected chi connectivity index (χ4v) is 2.22. The molecular formula is C18H23N3O. The summed E-state index contributed by atoms with van der Waals surface area (Å²) >= 11 is 0. The molecule has 2 aromatic rings. The molecule has 0 aliphatic heterocycles. The second kappa shape index (κ2) is 8.85. The number of hydrogen-bond acceptors (Lipinski definition) is 2. The SMILES string of the molecule is CN(CCCNC(=O)Nc1ccccc1)Cc1ccccc1. The number of para-hydroxylation sites is 1. The van der Waals surface area contributed by atoms with E-state index in [0.29, 0.717) is 6.54 Å². The van der Waals surface area contributed by atoms with Gasteiger partial charge in [0.05, 0.1) is 0 Å². The topological polar surface area (TPSA) is 44.4 Å². The summed E-state index contributed by atoms with van der Waals surface area (Å²) < 4.78 is 0. The Hall–Kier alpha value is -2.33. The highest BCUT2D eigenvalue weighted by atomic mass is 16.2. The van der Waals surface area contributed by atoms with Crippen molar-refractivity contribution < 1.29 is 4.79 Å². The van der Waals surface area contributed by atoms with Gasteiger partial charge in [0.25, 0.3) is 0 Å². The van der Waals surface area contributed by atoms with Crippen LogP contribution >= 0.6 is 0 Å². The zero-order valence-corrected chi connectivity index (χ0v) is 13.0. The van der Waals surface area contributed by atoms with Gasteiger partial charge in [0, 0.05) is 18.8 Å². The largest absolute Gasteiger partial charge is 0.338 e. The predicted octanol–water partition coefficient (Wildman–Crippen LogP) is 3.33. The summed E-state index contributed by atoms with van der Waals surface area (Å²) in [6, 6.07) is 19.7. The molecule has 0 unspecified atom stereocenters. The van der Waals surface area contributed by atoms with Crippen LogP contribution in [0.2, 0.25) is 0 Å². The van der Waals surface area contributed by atoms with Crippen LogP contribution in [0.3, 0.4) is 0 Å². The highest BCUT2D eigenvalue weighted by molar-refractivity contribution is 5.89. The van der Waals surface area contributed by atoms with Gasteiger partial charge < -0.3 is 15.5 Å². The normalized spacial score (nSPS) is 10.5. The maximum absolute atomic E-state index is 11.7. The van der Waals surface area contributed by atoms with Crippen LogP contribution in [0.1, 0.15) is 12.0 Å². The summed E-state index contributed by atoms with van der Waals surface area (Å²) in [7, 11) is 2.09. The van der Waals surface area contributed by atoms with Gasteiger partial charge in [-0.1, -0.05) is 48.5 Å². The third-order valence-electron chi connectivity index (χ3n) is 3.33. The average molecular weight is 297 g/mol. The van der Waals surface area contributed by atoms with Crippen LogP contribution < -0.4 is 10.6 Å². The van der Waals surface area contributed by atoms with E-state index >= 15 is 0 Å². The summed E-state index contributed by atoms with van der Waals surface area (Å²) in [5, 5.41) is 5.68. The standard InChI is InChI=1S/C18H23N3O/c1-21(15-16-9-4-2-5-10-16)14-8-13-19-18(22)20-17-11-6-3-7-12-17/h2-7,9-12H,8,13-15H2,1H3,(H2,19,20,22). The third-order valence-corrected chi connectivity index (χ3v) is 3.33. The zero-order valence-electron chi connectivity index (χ0n) is 13.0. The molecule has 0 aliphatic carbocycles. The Morgan fingerprint density at radius 3 is 2.32 bits per heavy atom. The van der Waals surface area contributed by atoms with E-state index in [2.05, 4.69) is 46.8 Å². The lowest BCUT2D eigenvalue weighted by molar-refractivity contribution is 0.250. The predicted molar refractivity (Wildman–Crippen MR) is 90.9 cm³/mol. The zero-order chi connectivity index (χ0) is 15.6. The Balaban J connectivity index is 1.59. The van der Waals surface area contributed by atoms with Crippen molar-refractivity contribution in [1.29, 1.82) is 0 Å². The highest BCUT2D eigenvalue weighted by Crippen LogP contribution is 2.04. The Morgan fingerprint density at radius 1 is 1.00 bits per heavy atom. The van der Waals surface area contributed by atoms with Crippen molar-refractivity contribution in [2.75, 3.05) is 25.5 Å². The van der Waals surface area contributed by atoms with Crippen molar-refractivity contribution in [2.24, 2.45) is 0 Å². The van der Waals surface area contributed by atoms with E-state index in [1.807, 2.05) is 36.4 Å². The van der Waals surface area contributed by atoms with Crippen LogP contribution in [-0.4, -0.2) is 31.1 Å². The third kappa shape index (κ3) is 5.97. The van der Waals surface area contributed by atoms with Gasteiger partial charge in [-0.25, -0.2) is 4.79 Å². The van der Waals surface area contributed by atoms with Crippen molar-refractivity contribution in [3.8, 4) is 0 Å². The van der Waals surface area contributed by atoms with Gasteiger partial charge in [0.15, 0.2) is 0 Å². The van der Waals surface area contributed by atoms with Gasteiger partial charge in [0.2, 0.25) is 0 Å². The molecule has 4 nitrogen and oxygen atoms in total. The van der Waals surface area contributed by atoms with E-state index in [9.17, 15) is 4.79 Å². The van der Waals surface area contributed by atoms with E-state index < -0.39 is 0 Å². The van der Waals surface area contributed by atoms with Crippen LogP contribution in [0.5, 0.6) is 0 Å². The molecule has 0 atom stereocenters. The van der Waals surface area contributed by atoms with Gasteiger partial charge in [-0.05, 0) is 37.7 Å². The van der Waals surface area contributed by atoms with Gasteiger partial charge >= 0.3 is 6.03 Å². The molecule has 0 radical (unpaired) electrons. The minimum Gasteiger partial charge on any atom is -0.338 e. The van der Waals surface area contributed by atoms with Gasteiger partial charge in [-0.3, -0.25) is 0 Å². The molecule has 2 amide bonds. The molecule has 2 aromatic carbocycles. The fourth-order valence-electron chi connectivity index (χ4n) is 2.22. The second-order valence-corrected chi connectivity index (χ2v) is 5.32. The van der Waals surface area contributed by atoms with E-state index in [0.717, 1.165) is 25.2 Å². The molecule has 2 N–H and O–H groups in total. The van der Waals surface area contributed by atoms with Crippen molar-refractivity contribution in [3.05, 3.63) is 66.2 Å². The molecule has 0 spiro atoms. The Kier molecular flexibility index (Phi) is 6.45. The molecule has 0 bridgehead atoms. The molecule has 22 heavy (non-hydrogen) atoms. The summed E-state index contributed by atoms with van der Waals surface area (Å²) in [5.74, 6) is 0. The fraction of sp³-hybridized carbons (Fsp3) is 0.278. The first-order valence-corrected chi connectivity index (χ1v) is 7.56. The summed E-state index contributed by atoms with van der Waals surface area (Å²) in [5.41, 5.74) is 2.11. The van der Waals surface area contributed by atoms with E-state index in [-0.39, 0.29) is 6.03 Å². The van der Waals surface area contributed by atoms with E-state index in [4.69, 9.17) is 0 Å². The number of nitrogens with zero attached hydrogens (tertiary/aromatic N) is 1. The van der Waals surface area contributed by atoms with Crippen LogP contribution in [0, 0.1) is 0 Å². The lowest BCUT2D eigenvalue weighted by atomic mass is 10.2. The van der Waals surface area contributed by atoms with Crippen molar-refractivity contribution in [1.82, 2.24) is 10.2 Å². The lowest BCUT2D eigenvalue weighted by Gasteiger charge is -2.16. The number of carbonyl (C=O) groups is 1. The molecule has 4 heteroatoms. The minimum absolute atomic E-state index is 0.156. The molecule has 0 saturated heterocycles. The quantitative estimate of drug-likeness (QED) is 0.770. The molecule has 2 rings (SSSR count). The van der Waals surface area contributed by atoms with Crippen molar-refractivity contribution in [3.63, 3.8) is 0 Å². The molecule has 0 aliphatic rings. The highest BCUT2D eigenvalue weighted by Gasteiger charge is 2.02. The van der Waals surface area contributed by atoms with Gasteiger partial charge in [-0.2, -0.15) is 0 Å². The average Bonchev–Trinajstić information content (AvgIpc) is 2.53. The van der Waals surface area contributed by atoms with E-state index in [1.165, 1.54) is 5.56 Å². The summed E-state index contributed by atoms with van der Waals surface area (Å²) in [6.07, 6.45) is 0.922. The van der Waals surface area contributed by atoms with Crippen LogP contribution in [0.4, 0.5) is 10.5 Å². The number of anilines is 1. The molecule has 0 saturated carbocycles. The second-order valence-electron chi connectivity index (χ2n) is 5.32. The van der Waals surface area contributed by atoms with Crippen molar-refractivity contribution in [2.45, 2.75) is 13.0 Å². The monoisotopic (exact) mass is 297 g/mol. The molecule has 0 aromatic heterocycles. The van der Waals surface area contributed by atoms with Gasteiger partial charge in [-0.15, -0.1) is 0 Å². The lowest BCUT2D eigenvalue weighted by Crippen LogP contribution is -2.31. The van der Waals surface area contributed by atoms with Crippen LogP contribution in [0.25, 0.3) is 0 Å². The molecule has 0 fully saturated rings. The number of hydrogen-bond donors (Lipinski definition) is 2. The first kappa shape index (κ1) is 16.0. The number of urea groups is 1. The Bertz CT molecular complexity index is 557. The maximum atomic E-state index is 11.7. The van der Waals surface area contributed by atoms with E-state index in [1.54, 1.807) is 0 Å².